The largest absolute Gasteiger partial charge is 0.481 e. The molecule has 0 bridgehead atoms. The third-order valence-corrected chi connectivity index (χ3v) is 3.97. The van der Waals surface area contributed by atoms with Gasteiger partial charge in [0.05, 0.1) is 12.5 Å². The molecule has 0 saturated carbocycles. The minimum atomic E-state index is -0.863. The Morgan fingerprint density at radius 3 is 2.71 bits per heavy atom. The first-order valence-electron chi connectivity index (χ1n) is 7.39. The van der Waals surface area contributed by atoms with Gasteiger partial charge in [-0.3, -0.25) is 9.59 Å². The van der Waals surface area contributed by atoms with Gasteiger partial charge in [-0.25, -0.2) is 0 Å². The van der Waals surface area contributed by atoms with E-state index in [-0.39, 0.29) is 18.4 Å². The SMILES string of the molecule is N[C@@H](CCc1ccccc1)C(=O)N1CCCC1CC(=O)O. The Bertz CT molecular complexity index is 490. The highest BCUT2D eigenvalue weighted by Gasteiger charge is 2.32. The van der Waals surface area contributed by atoms with E-state index in [4.69, 9.17) is 10.8 Å². The van der Waals surface area contributed by atoms with E-state index < -0.39 is 12.0 Å². The van der Waals surface area contributed by atoms with E-state index in [0.29, 0.717) is 13.0 Å². The highest BCUT2D eigenvalue weighted by Crippen LogP contribution is 2.21. The third-order valence-electron chi connectivity index (χ3n) is 3.97. The fraction of sp³-hybridized carbons (Fsp3) is 0.500. The predicted octanol–water partition coefficient (Wildman–Crippen LogP) is 1.41. The van der Waals surface area contributed by atoms with Crippen LogP contribution >= 0.6 is 0 Å². The molecule has 1 aliphatic rings. The lowest BCUT2D eigenvalue weighted by atomic mass is 10.0. The summed E-state index contributed by atoms with van der Waals surface area (Å²) in [6, 6.07) is 9.16. The summed E-state index contributed by atoms with van der Waals surface area (Å²) in [5.74, 6) is -0.979. The zero-order chi connectivity index (χ0) is 15.2. The second-order valence-electron chi connectivity index (χ2n) is 5.56. The first-order chi connectivity index (χ1) is 10.1. The van der Waals surface area contributed by atoms with Crippen molar-refractivity contribution < 1.29 is 14.7 Å². The molecule has 0 radical (unpaired) electrons. The molecule has 0 spiro atoms. The summed E-state index contributed by atoms with van der Waals surface area (Å²) in [6.07, 6.45) is 2.96. The van der Waals surface area contributed by atoms with Gasteiger partial charge in [-0.15, -0.1) is 0 Å². The Morgan fingerprint density at radius 2 is 2.05 bits per heavy atom. The van der Waals surface area contributed by atoms with Crippen LogP contribution in [-0.2, 0) is 16.0 Å². The fourth-order valence-electron chi connectivity index (χ4n) is 2.84. The van der Waals surface area contributed by atoms with Crippen molar-refractivity contribution in [3.8, 4) is 0 Å². The van der Waals surface area contributed by atoms with E-state index in [1.165, 1.54) is 0 Å². The van der Waals surface area contributed by atoms with Gasteiger partial charge in [-0.05, 0) is 31.2 Å². The second kappa shape index (κ2) is 7.22. The number of amides is 1. The van der Waals surface area contributed by atoms with Crippen LogP contribution in [0.25, 0.3) is 0 Å². The quantitative estimate of drug-likeness (QED) is 0.829. The van der Waals surface area contributed by atoms with Gasteiger partial charge in [-0.1, -0.05) is 30.3 Å². The number of benzene rings is 1. The number of likely N-dealkylation sites (tertiary alicyclic amines) is 1. The number of aryl methyl sites for hydroxylation is 1. The lowest BCUT2D eigenvalue weighted by Crippen LogP contribution is -2.46. The maximum Gasteiger partial charge on any atom is 0.305 e. The molecule has 2 rings (SSSR count). The van der Waals surface area contributed by atoms with Crippen LogP contribution in [0.15, 0.2) is 30.3 Å². The Balaban J connectivity index is 1.88. The third kappa shape index (κ3) is 4.29. The summed E-state index contributed by atoms with van der Waals surface area (Å²) in [6.45, 7) is 0.621. The lowest BCUT2D eigenvalue weighted by Gasteiger charge is -2.26. The van der Waals surface area contributed by atoms with Crippen molar-refractivity contribution >= 4 is 11.9 Å². The number of carboxylic acid groups (broad SMARTS) is 1. The Hall–Kier alpha value is -1.88. The van der Waals surface area contributed by atoms with Crippen molar-refractivity contribution in [1.29, 1.82) is 0 Å². The molecule has 3 N–H and O–H groups in total. The standard InChI is InChI=1S/C16H22N2O3/c17-14(9-8-12-5-2-1-3-6-12)16(21)18-10-4-7-13(18)11-15(19)20/h1-3,5-6,13-14H,4,7-11,17H2,(H,19,20)/t13?,14-/m0/s1. The number of hydrogen-bond acceptors (Lipinski definition) is 3. The first kappa shape index (κ1) is 15.5. The van der Waals surface area contributed by atoms with E-state index in [1.54, 1.807) is 4.90 Å². The molecule has 114 valence electrons. The van der Waals surface area contributed by atoms with Crippen LogP contribution in [0.3, 0.4) is 0 Å². The minimum Gasteiger partial charge on any atom is -0.481 e. The lowest BCUT2D eigenvalue weighted by molar-refractivity contribution is -0.140. The number of aliphatic carboxylic acids is 1. The van der Waals surface area contributed by atoms with Crippen molar-refractivity contribution in [2.75, 3.05) is 6.54 Å². The molecule has 0 aliphatic carbocycles. The Labute approximate surface area is 124 Å². The van der Waals surface area contributed by atoms with Crippen molar-refractivity contribution in [1.82, 2.24) is 4.90 Å². The van der Waals surface area contributed by atoms with Crippen molar-refractivity contribution in [2.24, 2.45) is 5.73 Å². The second-order valence-corrected chi connectivity index (χ2v) is 5.56. The van der Waals surface area contributed by atoms with Gasteiger partial charge >= 0.3 is 5.97 Å². The van der Waals surface area contributed by atoms with E-state index in [1.807, 2.05) is 30.3 Å². The number of carbonyl (C=O) groups is 2. The fourth-order valence-corrected chi connectivity index (χ4v) is 2.84. The average Bonchev–Trinajstić information content (AvgIpc) is 2.92. The van der Waals surface area contributed by atoms with Crippen molar-refractivity contribution in [2.45, 2.75) is 44.2 Å². The molecule has 1 aromatic rings. The molecular formula is C16H22N2O3. The molecular weight excluding hydrogens is 268 g/mol. The topological polar surface area (TPSA) is 83.6 Å². The number of carbonyl (C=O) groups excluding carboxylic acids is 1. The van der Waals surface area contributed by atoms with E-state index in [2.05, 4.69) is 0 Å². The average molecular weight is 290 g/mol. The smallest absolute Gasteiger partial charge is 0.305 e. The summed E-state index contributed by atoms with van der Waals surface area (Å²) >= 11 is 0. The molecule has 5 heteroatoms. The van der Waals surface area contributed by atoms with Crippen LogP contribution in [0.5, 0.6) is 0 Å². The van der Waals surface area contributed by atoms with Gasteiger partial charge in [0.2, 0.25) is 5.91 Å². The number of nitrogens with zero attached hydrogens (tertiary/aromatic N) is 1. The van der Waals surface area contributed by atoms with Gasteiger partial charge in [0.25, 0.3) is 0 Å². The summed E-state index contributed by atoms with van der Waals surface area (Å²) in [7, 11) is 0. The highest BCUT2D eigenvalue weighted by molar-refractivity contribution is 5.82. The van der Waals surface area contributed by atoms with Gasteiger partial charge in [0.15, 0.2) is 0 Å². The van der Waals surface area contributed by atoms with Crippen molar-refractivity contribution in [3.05, 3.63) is 35.9 Å². The number of carboxylic acids is 1. The molecule has 1 aliphatic heterocycles. The highest BCUT2D eigenvalue weighted by atomic mass is 16.4. The van der Waals surface area contributed by atoms with Crippen molar-refractivity contribution in [3.63, 3.8) is 0 Å². The molecule has 0 aromatic heterocycles. The zero-order valence-electron chi connectivity index (χ0n) is 12.1. The van der Waals surface area contributed by atoms with Crippen LogP contribution in [0.4, 0.5) is 0 Å². The molecule has 1 aromatic carbocycles. The Morgan fingerprint density at radius 1 is 1.33 bits per heavy atom. The molecule has 1 fully saturated rings. The van der Waals surface area contributed by atoms with Crippen LogP contribution < -0.4 is 5.73 Å². The summed E-state index contributed by atoms with van der Waals surface area (Å²) < 4.78 is 0. The van der Waals surface area contributed by atoms with Gasteiger partial charge in [0.1, 0.15) is 0 Å². The van der Waals surface area contributed by atoms with Crippen LogP contribution in [0, 0.1) is 0 Å². The monoisotopic (exact) mass is 290 g/mol. The maximum absolute atomic E-state index is 12.4. The molecule has 1 heterocycles. The molecule has 2 atom stereocenters. The van der Waals surface area contributed by atoms with Crippen LogP contribution in [0.1, 0.15) is 31.2 Å². The summed E-state index contributed by atoms with van der Waals surface area (Å²) in [5, 5.41) is 8.89. The molecule has 1 unspecified atom stereocenters. The summed E-state index contributed by atoms with van der Waals surface area (Å²) in [4.78, 5) is 24.9. The first-order valence-corrected chi connectivity index (χ1v) is 7.39. The normalized spacial score (nSPS) is 19.5. The van der Waals surface area contributed by atoms with E-state index >= 15 is 0 Å². The number of rotatable bonds is 6. The molecule has 1 saturated heterocycles. The minimum absolute atomic E-state index is 0.0111. The van der Waals surface area contributed by atoms with Crippen LogP contribution in [0.2, 0.25) is 0 Å². The Kier molecular flexibility index (Phi) is 5.33. The van der Waals surface area contributed by atoms with Gasteiger partial charge < -0.3 is 15.7 Å². The maximum atomic E-state index is 12.4. The van der Waals surface area contributed by atoms with Gasteiger partial charge in [-0.2, -0.15) is 0 Å². The molecule has 21 heavy (non-hydrogen) atoms. The molecule has 5 nitrogen and oxygen atoms in total. The predicted molar refractivity (Wildman–Crippen MR) is 79.7 cm³/mol. The summed E-state index contributed by atoms with van der Waals surface area (Å²) in [5.41, 5.74) is 7.16. The number of hydrogen-bond donors (Lipinski definition) is 2. The van der Waals surface area contributed by atoms with Crippen LogP contribution in [-0.4, -0.2) is 40.5 Å². The van der Waals surface area contributed by atoms with Gasteiger partial charge in [0, 0.05) is 12.6 Å². The number of nitrogens with two attached hydrogens (primary N) is 1. The zero-order valence-corrected chi connectivity index (χ0v) is 12.1. The van der Waals surface area contributed by atoms with E-state index in [0.717, 1.165) is 24.8 Å². The molecule has 1 amide bonds. The van der Waals surface area contributed by atoms with E-state index in [9.17, 15) is 9.59 Å².